The van der Waals surface area contributed by atoms with Crippen LogP contribution in [0.15, 0.2) is 219 Å². The highest BCUT2D eigenvalue weighted by Crippen LogP contribution is 2.42. The first-order valence-corrected chi connectivity index (χ1v) is 22.2. The van der Waals surface area contributed by atoms with Crippen LogP contribution in [0.4, 0.5) is 13.2 Å². The molecule has 3 aromatic heterocycles. The van der Waals surface area contributed by atoms with Gasteiger partial charge in [0.1, 0.15) is 5.75 Å². The maximum Gasteiger partial charge on any atom is 0.534 e. The topological polar surface area (TPSA) is 91.9 Å². The number of aromatic nitrogens is 5. The number of benzene rings is 7. The van der Waals surface area contributed by atoms with Crippen LogP contribution in [0, 0.1) is 0 Å². The lowest BCUT2D eigenvalue weighted by Crippen LogP contribution is -2.28. The Hall–Kier alpha value is -8.35. The number of nitrogens with zero attached hydrogens (tertiary/aromatic N) is 5. The molecule has 10 aromatic rings. The lowest BCUT2D eigenvalue weighted by atomic mass is 9.86. The number of alkyl halides is 3. The van der Waals surface area contributed by atoms with Gasteiger partial charge < -0.3 is 4.18 Å². The summed E-state index contributed by atoms with van der Waals surface area (Å²) in [4.78, 5) is 4.27. The van der Waals surface area contributed by atoms with Crippen molar-refractivity contribution in [2.45, 2.75) is 5.51 Å². The van der Waals surface area contributed by atoms with E-state index in [-0.39, 0.29) is 5.69 Å². The predicted octanol–water partition coefficient (Wildman–Crippen LogP) is 13.4. The van der Waals surface area contributed by atoms with E-state index in [0.29, 0.717) is 5.56 Å². The van der Waals surface area contributed by atoms with Crippen molar-refractivity contribution in [2.75, 3.05) is 0 Å². The molecule has 0 aliphatic carbocycles. The van der Waals surface area contributed by atoms with Gasteiger partial charge in [-0.1, -0.05) is 121 Å². The summed E-state index contributed by atoms with van der Waals surface area (Å²) < 4.78 is 70.7. The van der Waals surface area contributed by atoms with Gasteiger partial charge in [0.2, 0.25) is 0 Å². The molecule has 8 nitrogen and oxygen atoms in total. The molecule has 0 N–H and O–H groups in total. The SMILES string of the molecule is O=S(=O)(Oc1ccnc(-c2ccc(-c3ccccc3-c3cc(-c4ccccc4-c4ccc(-n5cccn5)cc4)cc(-c4ccccc4-c4ccc(-n5cccn5)cc4)c3)cc2)c1)C(F)(F)F. The zero-order chi connectivity index (χ0) is 45.3. The van der Waals surface area contributed by atoms with Gasteiger partial charge in [-0.15, -0.1) is 0 Å². The van der Waals surface area contributed by atoms with Crippen molar-refractivity contribution in [1.29, 1.82) is 0 Å². The molecule has 12 heteroatoms. The van der Waals surface area contributed by atoms with Crippen LogP contribution in [-0.4, -0.2) is 38.5 Å². The van der Waals surface area contributed by atoms with Crippen LogP contribution in [0.3, 0.4) is 0 Å². The standard InChI is InChI=1S/C54H36F3N5O3S/c55-54(56,57)66(63,64)65-46-27-30-58-53(36-46)40-17-15-37(16-18-40)47-9-1-4-12-50(47)41-33-42(51-13-5-2-10-48(51)38-19-23-44(24-20-38)61-31-7-28-59-61)35-43(34-41)52-14-6-3-11-49(52)39-21-25-45(26-22-39)62-32-8-29-60-62/h1-36H. The van der Waals surface area contributed by atoms with Gasteiger partial charge in [-0.25, -0.2) is 9.36 Å². The minimum atomic E-state index is -5.85. The second-order valence-corrected chi connectivity index (χ2v) is 16.9. The molecule has 0 radical (unpaired) electrons. The van der Waals surface area contributed by atoms with Gasteiger partial charge in [-0.05, 0) is 121 Å². The summed E-state index contributed by atoms with van der Waals surface area (Å²) >= 11 is 0. The molecule has 7 aromatic carbocycles. The molecular weight excluding hydrogens is 856 g/mol. The first-order chi connectivity index (χ1) is 32.1. The predicted molar refractivity (Wildman–Crippen MR) is 252 cm³/mol. The van der Waals surface area contributed by atoms with Gasteiger partial charge in [0.25, 0.3) is 0 Å². The molecule has 322 valence electrons. The first kappa shape index (κ1) is 41.6. The van der Waals surface area contributed by atoms with Crippen LogP contribution < -0.4 is 4.18 Å². The van der Waals surface area contributed by atoms with Crippen molar-refractivity contribution < 1.29 is 25.8 Å². The van der Waals surface area contributed by atoms with Crippen molar-refractivity contribution >= 4 is 10.1 Å². The number of hydrogen-bond donors (Lipinski definition) is 0. The Labute approximate surface area is 378 Å². The fraction of sp³-hybridized carbons (Fsp3) is 0.0185. The van der Waals surface area contributed by atoms with Crippen molar-refractivity contribution in [1.82, 2.24) is 24.5 Å². The van der Waals surface area contributed by atoms with Crippen LogP contribution in [-0.2, 0) is 10.1 Å². The van der Waals surface area contributed by atoms with Crippen LogP contribution in [0.25, 0.3) is 89.4 Å². The Balaban J connectivity index is 1.08. The highest BCUT2D eigenvalue weighted by atomic mass is 32.2. The largest absolute Gasteiger partial charge is 0.534 e. The average Bonchev–Trinajstić information content (AvgIpc) is 4.11. The van der Waals surface area contributed by atoms with E-state index < -0.39 is 21.4 Å². The second-order valence-electron chi connectivity index (χ2n) is 15.4. The van der Waals surface area contributed by atoms with Crippen LogP contribution in [0.2, 0.25) is 0 Å². The summed E-state index contributed by atoms with van der Waals surface area (Å²) in [6.45, 7) is 0. The summed E-state index contributed by atoms with van der Waals surface area (Å²) in [5, 5.41) is 8.80. The summed E-state index contributed by atoms with van der Waals surface area (Å²) in [7, 11) is -5.85. The van der Waals surface area contributed by atoms with E-state index in [9.17, 15) is 21.6 Å². The first-order valence-electron chi connectivity index (χ1n) is 20.8. The normalized spacial score (nSPS) is 11.7. The zero-order valence-electron chi connectivity index (χ0n) is 34.8. The third-order valence-electron chi connectivity index (χ3n) is 11.3. The lowest BCUT2D eigenvalue weighted by molar-refractivity contribution is -0.0500. The molecule has 0 saturated carbocycles. The van der Waals surface area contributed by atoms with Gasteiger partial charge >= 0.3 is 15.6 Å². The molecule has 10 rings (SSSR count). The van der Waals surface area contributed by atoms with Crippen molar-refractivity contribution in [3.63, 3.8) is 0 Å². The van der Waals surface area contributed by atoms with Gasteiger partial charge in [0.15, 0.2) is 0 Å². The number of rotatable bonds is 11. The van der Waals surface area contributed by atoms with Crippen LogP contribution >= 0.6 is 0 Å². The Bertz CT molecular complexity index is 3290. The zero-order valence-corrected chi connectivity index (χ0v) is 35.6. The fourth-order valence-electron chi connectivity index (χ4n) is 8.10. The lowest BCUT2D eigenvalue weighted by Gasteiger charge is -2.18. The smallest absolute Gasteiger partial charge is 0.376 e. The van der Waals surface area contributed by atoms with Crippen molar-refractivity contribution in [2.24, 2.45) is 0 Å². The Kier molecular flexibility index (Phi) is 10.9. The summed E-state index contributed by atoms with van der Waals surface area (Å²) in [6, 6.07) is 61.8. The molecule has 0 spiro atoms. The van der Waals surface area contributed by atoms with E-state index >= 15 is 0 Å². The maximum atomic E-state index is 13.1. The highest BCUT2D eigenvalue weighted by Gasteiger charge is 2.48. The van der Waals surface area contributed by atoms with Crippen molar-refractivity contribution in [3.05, 3.63) is 219 Å². The van der Waals surface area contributed by atoms with Gasteiger partial charge in [0, 0.05) is 48.7 Å². The Morgan fingerprint density at radius 1 is 0.409 bits per heavy atom. The summed E-state index contributed by atoms with van der Waals surface area (Å²) in [5.74, 6) is -0.497. The quantitative estimate of drug-likeness (QED) is 0.0949. The summed E-state index contributed by atoms with van der Waals surface area (Å²) in [6.07, 6.45) is 8.55. The third-order valence-corrected chi connectivity index (χ3v) is 12.2. The van der Waals surface area contributed by atoms with Crippen LogP contribution in [0.5, 0.6) is 5.75 Å². The minimum absolute atomic E-state index is 0.242. The Morgan fingerprint density at radius 2 is 0.773 bits per heavy atom. The minimum Gasteiger partial charge on any atom is -0.376 e. The summed E-state index contributed by atoms with van der Waals surface area (Å²) in [5.41, 5.74) is 9.30. The van der Waals surface area contributed by atoms with E-state index in [4.69, 9.17) is 0 Å². The van der Waals surface area contributed by atoms with Crippen LogP contribution in [0.1, 0.15) is 0 Å². The molecule has 0 aliphatic heterocycles. The molecular formula is C54H36F3N5O3S. The van der Waals surface area contributed by atoms with E-state index in [1.165, 1.54) is 6.20 Å². The molecule has 0 saturated heterocycles. The number of hydrogen-bond acceptors (Lipinski definition) is 6. The fourth-order valence-corrected chi connectivity index (χ4v) is 8.55. The maximum absolute atomic E-state index is 13.1. The molecule has 0 bridgehead atoms. The number of pyridine rings is 1. The van der Waals surface area contributed by atoms with E-state index in [1.807, 2.05) is 58.2 Å². The monoisotopic (exact) mass is 891 g/mol. The van der Waals surface area contributed by atoms with E-state index in [2.05, 4.69) is 147 Å². The third kappa shape index (κ3) is 8.40. The van der Waals surface area contributed by atoms with Gasteiger partial charge in [-0.2, -0.15) is 31.8 Å². The van der Waals surface area contributed by atoms with Gasteiger partial charge in [0.05, 0.1) is 17.1 Å². The van der Waals surface area contributed by atoms with E-state index in [0.717, 1.165) is 90.3 Å². The van der Waals surface area contributed by atoms with Crippen molar-refractivity contribution in [3.8, 4) is 95.1 Å². The van der Waals surface area contributed by atoms with E-state index in [1.54, 1.807) is 24.5 Å². The molecule has 0 unspecified atom stereocenters. The Morgan fingerprint density at radius 3 is 1.14 bits per heavy atom. The average molecular weight is 892 g/mol. The molecule has 0 aliphatic rings. The molecule has 66 heavy (non-hydrogen) atoms. The number of halogens is 3. The molecule has 0 fully saturated rings. The highest BCUT2D eigenvalue weighted by molar-refractivity contribution is 7.88. The molecule has 0 atom stereocenters. The molecule has 0 amide bonds. The molecule has 3 heterocycles. The van der Waals surface area contributed by atoms with Gasteiger partial charge in [-0.3, -0.25) is 4.98 Å². The second kappa shape index (κ2) is 17.3.